The number of rotatable bonds is 11. The van der Waals surface area contributed by atoms with E-state index >= 15 is 0 Å². The van der Waals surface area contributed by atoms with Crippen molar-refractivity contribution in [2.45, 2.75) is 32.6 Å². The van der Waals surface area contributed by atoms with Crippen LogP contribution in [0.4, 0.5) is 0 Å². The Morgan fingerprint density at radius 2 is 1.74 bits per heavy atom. The van der Waals surface area contributed by atoms with E-state index < -0.39 is 6.04 Å². The Kier molecular flexibility index (Phi) is 8.28. The second kappa shape index (κ2) is 12.4. The molecule has 5 rings (SSSR count). The Morgan fingerprint density at radius 1 is 0.974 bits per heavy atom. The molecule has 0 aliphatic carbocycles. The first kappa shape index (κ1) is 26.1. The zero-order valence-electron chi connectivity index (χ0n) is 21.6. The van der Waals surface area contributed by atoms with Gasteiger partial charge in [-0.2, -0.15) is 0 Å². The highest BCUT2D eigenvalue weighted by atomic mass is 32.1. The number of fused-ring (bicyclic) bond motifs is 1. The molecule has 5 aromatic rings. The van der Waals surface area contributed by atoms with E-state index in [0.29, 0.717) is 30.0 Å². The lowest BCUT2D eigenvalue weighted by Gasteiger charge is -2.32. The average molecular weight is 540 g/mol. The SMILES string of the molecule is CCOc1ccccc1[C@H](C(=O)NCc1ccccc1)N(Cc1cccs1)C(=O)Cn1nnc2ccccc21. The van der Waals surface area contributed by atoms with Crippen LogP contribution in [0.25, 0.3) is 11.0 Å². The number of thiophene rings is 1. The summed E-state index contributed by atoms with van der Waals surface area (Å²) in [6.45, 7) is 2.85. The van der Waals surface area contributed by atoms with E-state index in [0.717, 1.165) is 16.0 Å². The summed E-state index contributed by atoms with van der Waals surface area (Å²) in [6.07, 6.45) is 0. The first-order valence-corrected chi connectivity index (χ1v) is 13.7. The van der Waals surface area contributed by atoms with Crippen molar-refractivity contribution >= 4 is 34.2 Å². The molecule has 0 aliphatic heterocycles. The molecule has 1 atom stereocenters. The van der Waals surface area contributed by atoms with Gasteiger partial charge in [0.05, 0.1) is 18.7 Å². The molecule has 3 aromatic carbocycles. The van der Waals surface area contributed by atoms with Crippen LogP contribution in [0.15, 0.2) is 96.4 Å². The van der Waals surface area contributed by atoms with Gasteiger partial charge in [-0.3, -0.25) is 9.59 Å². The molecular formula is C30H29N5O3S. The number of carbonyl (C=O) groups is 2. The maximum atomic E-state index is 14.1. The van der Waals surface area contributed by atoms with Gasteiger partial charge >= 0.3 is 0 Å². The molecule has 0 unspecified atom stereocenters. The van der Waals surface area contributed by atoms with Crippen molar-refractivity contribution in [1.29, 1.82) is 0 Å². The number of benzene rings is 3. The van der Waals surface area contributed by atoms with Gasteiger partial charge in [-0.15, -0.1) is 16.4 Å². The normalized spacial score (nSPS) is 11.7. The van der Waals surface area contributed by atoms with Gasteiger partial charge in [0.1, 0.15) is 23.9 Å². The number of hydrogen-bond acceptors (Lipinski definition) is 6. The smallest absolute Gasteiger partial charge is 0.247 e. The predicted octanol–water partition coefficient (Wildman–Crippen LogP) is 4.98. The lowest BCUT2D eigenvalue weighted by molar-refractivity contribution is -0.142. The minimum Gasteiger partial charge on any atom is -0.494 e. The summed E-state index contributed by atoms with van der Waals surface area (Å²) in [4.78, 5) is 30.6. The standard InChI is InChI=1S/C30H29N5O3S/c1-2-38-27-17-9-6-14-24(27)29(30(37)31-19-22-11-4-3-5-12-22)34(20-23-13-10-18-39-23)28(36)21-35-26-16-8-7-15-25(26)32-33-35/h3-18,29H,2,19-21H2,1H3,(H,31,37)/t29-/m1/s1. The van der Waals surface area contributed by atoms with Crippen LogP contribution < -0.4 is 10.1 Å². The molecule has 39 heavy (non-hydrogen) atoms. The van der Waals surface area contributed by atoms with Crippen molar-refractivity contribution in [3.63, 3.8) is 0 Å². The van der Waals surface area contributed by atoms with Gasteiger partial charge in [-0.1, -0.05) is 71.9 Å². The number of aromatic nitrogens is 3. The summed E-state index contributed by atoms with van der Waals surface area (Å²) >= 11 is 1.54. The predicted molar refractivity (Wildman–Crippen MR) is 151 cm³/mol. The molecule has 0 fully saturated rings. The number of carbonyl (C=O) groups excluding carboxylic acids is 2. The highest BCUT2D eigenvalue weighted by Gasteiger charge is 2.34. The Hall–Kier alpha value is -4.50. The molecular weight excluding hydrogens is 510 g/mol. The molecule has 1 N–H and O–H groups in total. The minimum absolute atomic E-state index is 0.0643. The third-order valence-electron chi connectivity index (χ3n) is 6.31. The first-order valence-electron chi connectivity index (χ1n) is 12.8. The number of ether oxygens (including phenoxy) is 1. The Labute approximate surface area is 230 Å². The second-order valence-electron chi connectivity index (χ2n) is 8.91. The van der Waals surface area contributed by atoms with Crippen molar-refractivity contribution in [2.75, 3.05) is 6.61 Å². The average Bonchev–Trinajstić information content (AvgIpc) is 3.63. The van der Waals surface area contributed by atoms with Crippen molar-refractivity contribution in [2.24, 2.45) is 0 Å². The minimum atomic E-state index is -0.930. The summed E-state index contributed by atoms with van der Waals surface area (Å²) < 4.78 is 7.49. The molecule has 0 aliphatic rings. The Morgan fingerprint density at radius 3 is 2.54 bits per heavy atom. The number of hydrogen-bond donors (Lipinski definition) is 1. The molecule has 0 radical (unpaired) electrons. The van der Waals surface area contributed by atoms with E-state index in [1.165, 1.54) is 11.3 Å². The van der Waals surface area contributed by atoms with E-state index in [4.69, 9.17) is 4.74 Å². The van der Waals surface area contributed by atoms with Gasteiger partial charge in [-0.25, -0.2) is 4.68 Å². The van der Waals surface area contributed by atoms with Gasteiger partial charge in [0, 0.05) is 17.0 Å². The number of para-hydroxylation sites is 2. The number of nitrogens with zero attached hydrogens (tertiary/aromatic N) is 4. The fourth-order valence-electron chi connectivity index (χ4n) is 4.47. The number of amides is 2. The van der Waals surface area contributed by atoms with E-state index in [1.54, 1.807) is 9.58 Å². The largest absolute Gasteiger partial charge is 0.494 e. The molecule has 9 heteroatoms. The van der Waals surface area contributed by atoms with Crippen LogP contribution in [0, 0.1) is 0 Å². The number of nitrogens with one attached hydrogen (secondary N) is 1. The summed E-state index contributed by atoms with van der Waals surface area (Å²) in [7, 11) is 0. The van der Waals surface area contributed by atoms with Crippen molar-refractivity contribution in [3.05, 3.63) is 112 Å². The monoisotopic (exact) mass is 539 g/mol. The van der Waals surface area contributed by atoms with Gasteiger partial charge < -0.3 is 15.0 Å². The van der Waals surface area contributed by atoms with Crippen molar-refractivity contribution in [3.8, 4) is 5.75 Å². The van der Waals surface area contributed by atoms with Crippen LogP contribution in [-0.2, 0) is 29.2 Å². The maximum absolute atomic E-state index is 14.1. The van der Waals surface area contributed by atoms with Gasteiger partial charge in [0.2, 0.25) is 11.8 Å². The van der Waals surface area contributed by atoms with Gasteiger partial charge in [0.25, 0.3) is 0 Å². The quantitative estimate of drug-likeness (QED) is 0.256. The lowest BCUT2D eigenvalue weighted by atomic mass is 10.0. The molecule has 198 valence electrons. The van der Waals surface area contributed by atoms with Gasteiger partial charge in [-0.05, 0) is 42.1 Å². The highest BCUT2D eigenvalue weighted by Crippen LogP contribution is 2.32. The highest BCUT2D eigenvalue weighted by molar-refractivity contribution is 7.09. The molecule has 8 nitrogen and oxygen atoms in total. The topological polar surface area (TPSA) is 89.4 Å². The molecule has 2 aromatic heterocycles. The molecule has 0 saturated heterocycles. The Balaban J connectivity index is 1.53. The van der Waals surface area contributed by atoms with Crippen LogP contribution >= 0.6 is 11.3 Å². The van der Waals surface area contributed by atoms with Crippen LogP contribution in [0.3, 0.4) is 0 Å². The zero-order valence-corrected chi connectivity index (χ0v) is 22.4. The third kappa shape index (κ3) is 6.15. The molecule has 0 spiro atoms. The van der Waals surface area contributed by atoms with Crippen LogP contribution in [-0.4, -0.2) is 38.3 Å². The lowest BCUT2D eigenvalue weighted by Crippen LogP contribution is -2.44. The van der Waals surface area contributed by atoms with E-state index in [-0.39, 0.29) is 24.9 Å². The Bertz CT molecular complexity index is 1530. The van der Waals surface area contributed by atoms with Crippen molar-refractivity contribution in [1.82, 2.24) is 25.2 Å². The first-order chi connectivity index (χ1) is 19.1. The van der Waals surface area contributed by atoms with Crippen LogP contribution in [0.5, 0.6) is 5.75 Å². The van der Waals surface area contributed by atoms with E-state index in [9.17, 15) is 9.59 Å². The molecule has 2 heterocycles. The fourth-order valence-corrected chi connectivity index (χ4v) is 5.18. The molecule has 0 bridgehead atoms. The summed E-state index contributed by atoms with van der Waals surface area (Å²) in [5.41, 5.74) is 3.04. The fraction of sp³-hybridized carbons (Fsp3) is 0.200. The van der Waals surface area contributed by atoms with Crippen LogP contribution in [0.1, 0.15) is 29.0 Å². The zero-order chi connectivity index (χ0) is 27.0. The molecule has 0 saturated carbocycles. The summed E-state index contributed by atoms with van der Waals surface area (Å²) in [5.74, 6) is 0.0135. The third-order valence-corrected chi connectivity index (χ3v) is 7.18. The summed E-state index contributed by atoms with van der Waals surface area (Å²) in [5, 5.41) is 13.4. The van der Waals surface area contributed by atoms with E-state index in [1.807, 2.05) is 103 Å². The van der Waals surface area contributed by atoms with Gasteiger partial charge in [0.15, 0.2) is 0 Å². The second-order valence-corrected chi connectivity index (χ2v) is 9.95. The van der Waals surface area contributed by atoms with Crippen LogP contribution in [0.2, 0.25) is 0 Å². The summed E-state index contributed by atoms with van der Waals surface area (Å²) in [6, 6.07) is 27.5. The maximum Gasteiger partial charge on any atom is 0.247 e. The molecule has 2 amide bonds. The van der Waals surface area contributed by atoms with E-state index in [2.05, 4.69) is 15.6 Å². The van der Waals surface area contributed by atoms with Crippen molar-refractivity contribution < 1.29 is 14.3 Å².